The summed E-state index contributed by atoms with van der Waals surface area (Å²) in [6, 6.07) is 2.46. The third-order valence-electron chi connectivity index (χ3n) is 2.27. The standard InChI is InChI=1S/C10H10Br2N2S2/c1-13-7(5-9-14-2-3-15-9)6-4-8(11)16-10(6)12/h2-4,7,13H,5H2,1H3. The fourth-order valence-corrected chi connectivity index (χ4v) is 5.12. The Bertz CT molecular complexity index is 453. The van der Waals surface area contributed by atoms with Crippen molar-refractivity contribution in [2.45, 2.75) is 12.5 Å². The molecular weight excluding hydrogens is 372 g/mol. The van der Waals surface area contributed by atoms with Crippen molar-refractivity contribution in [1.29, 1.82) is 0 Å². The predicted octanol–water partition coefficient (Wildman–Crippen LogP) is 4.23. The van der Waals surface area contributed by atoms with Gasteiger partial charge in [0.15, 0.2) is 0 Å². The summed E-state index contributed by atoms with van der Waals surface area (Å²) in [7, 11) is 1.98. The van der Waals surface area contributed by atoms with Gasteiger partial charge in [0.1, 0.15) is 0 Å². The highest BCUT2D eigenvalue weighted by Gasteiger charge is 2.17. The molecule has 0 spiro atoms. The maximum Gasteiger partial charge on any atom is 0.0943 e. The largest absolute Gasteiger partial charge is 0.313 e. The number of aromatic nitrogens is 1. The van der Waals surface area contributed by atoms with Gasteiger partial charge in [0.2, 0.25) is 0 Å². The number of likely N-dealkylation sites (N-methyl/N-ethyl adjacent to an activating group) is 1. The Morgan fingerprint density at radius 2 is 2.31 bits per heavy atom. The highest BCUT2D eigenvalue weighted by molar-refractivity contribution is 9.12. The summed E-state index contributed by atoms with van der Waals surface area (Å²) >= 11 is 10.5. The smallest absolute Gasteiger partial charge is 0.0943 e. The Balaban J connectivity index is 2.19. The Morgan fingerprint density at radius 1 is 1.50 bits per heavy atom. The van der Waals surface area contributed by atoms with E-state index in [1.54, 1.807) is 22.7 Å². The normalized spacial score (nSPS) is 12.9. The molecule has 6 heteroatoms. The highest BCUT2D eigenvalue weighted by Crippen LogP contribution is 2.36. The van der Waals surface area contributed by atoms with Crippen LogP contribution in [0.1, 0.15) is 16.6 Å². The summed E-state index contributed by atoms with van der Waals surface area (Å²) in [5.74, 6) is 0. The molecule has 2 heterocycles. The van der Waals surface area contributed by atoms with E-state index in [0.717, 1.165) is 15.2 Å². The van der Waals surface area contributed by atoms with Crippen LogP contribution in [0.5, 0.6) is 0 Å². The maximum atomic E-state index is 4.32. The molecule has 0 saturated carbocycles. The van der Waals surface area contributed by atoms with Crippen molar-refractivity contribution in [1.82, 2.24) is 10.3 Å². The first-order valence-electron chi connectivity index (χ1n) is 4.71. The molecule has 2 aromatic heterocycles. The molecule has 2 aromatic rings. The van der Waals surface area contributed by atoms with Gasteiger partial charge in [0.05, 0.1) is 12.6 Å². The Morgan fingerprint density at radius 3 is 2.81 bits per heavy atom. The molecule has 0 aromatic carbocycles. The molecular formula is C10H10Br2N2S2. The minimum absolute atomic E-state index is 0.308. The highest BCUT2D eigenvalue weighted by atomic mass is 79.9. The van der Waals surface area contributed by atoms with Gasteiger partial charge in [-0.25, -0.2) is 4.98 Å². The second kappa shape index (κ2) is 5.73. The molecule has 0 radical (unpaired) electrons. The van der Waals surface area contributed by atoms with Gasteiger partial charge in [-0.1, -0.05) is 0 Å². The van der Waals surface area contributed by atoms with Crippen LogP contribution in [0, 0.1) is 0 Å². The van der Waals surface area contributed by atoms with Crippen LogP contribution < -0.4 is 5.32 Å². The molecule has 16 heavy (non-hydrogen) atoms. The Hall–Kier alpha value is 0.250. The van der Waals surface area contributed by atoms with E-state index in [0.29, 0.717) is 6.04 Å². The Labute approximate surface area is 119 Å². The SMILES string of the molecule is CNC(Cc1nccs1)c1cc(Br)sc1Br. The first-order valence-corrected chi connectivity index (χ1v) is 7.99. The summed E-state index contributed by atoms with van der Waals surface area (Å²) in [5.41, 5.74) is 1.29. The van der Waals surface area contributed by atoms with E-state index in [2.05, 4.69) is 48.2 Å². The summed E-state index contributed by atoms with van der Waals surface area (Å²) < 4.78 is 2.32. The lowest BCUT2D eigenvalue weighted by molar-refractivity contribution is 0.590. The predicted molar refractivity (Wildman–Crippen MR) is 77.3 cm³/mol. The molecule has 86 valence electrons. The molecule has 0 aliphatic carbocycles. The van der Waals surface area contributed by atoms with E-state index < -0.39 is 0 Å². The van der Waals surface area contributed by atoms with Gasteiger partial charge >= 0.3 is 0 Å². The van der Waals surface area contributed by atoms with E-state index in [9.17, 15) is 0 Å². The molecule has 2 rings (SSSR count). The van der Waals surface area contributed by atoms with Crippen molar-refractivity contribution in [3.63, 3.8) is 0 Å². The average Bonchev–Trinajstić information content (AvgIpc) is 2.85. The zero-order chi connectivity index (χ0) is 11.5. The lowest BCUT2D eigenvalue weighted by Gasteiger charge is -2.13. The number of hydrogen-bond donors (Lipinski definition) is 1. The number of nitrogens with one attached hydrogen (secondary N) is 1. The maximum absolute atomic E-state index is 4.32. The quantitative estimate of drug-likeness (QED) is 0.856. The summed E-state index contributed by atoms with van der Waals surface area (Å²) in [4.78, 5) is 4.32. The van der Waals surface area contributed by atoms with Crippen molar-refractivity contribution in [3.05, 3.63) is 35.8 Å². The van der Waals surface area contributed by atoms with Crippen LogP contribution in [0.3, 0.4) is 0 Å². The molecule has 1 atom stereocenters. The lowest BCUT2D eigenvalue weighted by Crippen LogP contribution is -2.18. The van der Waals surface area contributed by atoms with Crippen LogP contribution >= 0.6 is 54.5 Å². The van der Waals surface area contributed by atoms with Crippen LogP contribution in [0.15, 0.2) is 25.2 Å². The zero-order valence-corrected chi connectivity index (χ0v) is 13.3. The second-order valence-corrected chi connectivity index (χ2v) is 7.98. The molecule has 0 bridgehead atoms. The lowest BCUT2D eigenvalue weighted by atomic mass is 10.1. The summed E-state index contributed by atoms with van der Waals surface area (Å²) in [5, 5.41) is 6.51. The molecule has 0 aliphatic heterocycles. The van der Waals surface area contributed by atoms with Crippen LogP contribution in [0.4, 0.5) is 0 Å². The molecule has 0 fully saturated rings. The van der Waals surface area contributed by atoms with Crippen molar-refractivity contribution in [2.24, 2.45) is 0 Å². The van der Waals surface area contributed by atoms with E-state index >= 15 is 0 Å². The van der Waals surface area contributed by atoms with Crippen LogP contribution in [-0.2, 0) is 6.42 Å². The van der Waals surface area contributed by atoms with E-state index in [1.807, 2.05) is 18.6 Å². The van der Waals surface area contributed by atoms with Crippen molar-refractivity contribution in [2.75, 3.05) is 7.05 Å². The van der Waals surface area contributed by atoms with E-state index in [-0.39, 0.29) is 0 Å². The number of halogens is 2. The van der Waals surface area contributed by atoms with Crippen molar-refractivity contribution >= 4 is 54.5 Å². The van der Waals surface area contributed by atoms with Gasteiger partial charge in [-0.15, -0.1) is 22.7 Å². The fourth-order valence-electron chi connectivity index (χ4n) is 1.49. The van der Waals surface area contributed by atoms with E-state index in [4.69, 9.17) is 0 Å². The zero-order valence-electron chi connectivity index (χ0n) is 8.54. The van der Waals surface area contributed by atoms with Crippen molar-refractivity contribution < 1.29 is 0 Å². The van der Waals surface area contributed by atoms with Gasteiger partial charge in [-0.3, -0.25) is 0 Å². The molecule has 1 N–H and O–H groups in total. The molecule has 0 aliphatic rings. The Kier molecular flexibility index (Phi) is 4.55. The second-order valence-electron chi connectivity index (χ2n) is 3.25. The summed E-state index contributed by atoms with van der Waals surface area (Å²) in [6.07, 6.45) is 2.78. The van der Waals surface area contributed by atoms with Gasteiger partial charge in [0.25, 0.3) is 0 Å². The number of hydrogen-bond acceptors (Lipinski definition) is 4. The van der Waals surface area contributed by atoms with Gasteiger partial charge in [0, 0.05) is 24.0 Å². The fraction of sp³-hybridized carbons (Fsp3) is 0.300. The number of nitrogens with zero attached hydrogens (tertiary/aromatic N) is 1. The first kappa shape index (κ1) is 12.7. The summed E-state index contributed by atoms with van der Waals surface area (Å²) in [6.45, 7) is 0. The number of thiophene rings is 1. The van der Waals surface area contributed by atoms with Gasteiger partial charge in [-0.2, -0.15) is 0 Å². The van der Waals surface area contributed by atoms with Gasteiger partial charge in [-0.05, 0) is 50.5 Å². The average molecular weight is 382 g/mol. The topological polar surface area (TPSA) is 24.9 Å². The van der Waals surface area contributed by atoms with E-state index in [1.165, 1.54) is 9.35 Å². The molecule has 0 saturated heterocycles. The third kappa shape index (κ3) is 2.92. The molecule has 1 unspecified atom stereocenters. The van der Waals surface area contributed by atoms with Crippen LogP contribution in [0.25, 0.3) is 0 Å². The number of rotatable bonds is 4. The van der Waals surface area contributed by atoms with Crippen LogP contribution in [-0.4, -0.2) is 12.0 Å². The van der Waals surface area contributed by atoms with Crippen LogP contribution in [0.2, 0.25) is 0 Å². The molecule has 2 nitrogen and oxygen atoms in total. The minimum Gasteiger partial charge on any atom is -0.313 e. The van der Waals surface area contributed by atoms with Gasteiger partial charge < -0.3 is 5.32 Å². The monoisotopic (exact) mass is 380 g/mol. The molecule has 0 amide bonds. The number of thiazole rings is 1. The van der Waals surface area contributed by atoms with Crippen molar-refractivity contribution in [3.8, 4) is 0 Å². The third-order valence-corrected chi connectivity index (χ3v) is 5.46. The first-order chi connectivity index (χ1) is 7.70. The minimum atomic E-state index is 0.308.